The number of benzene rings is 1. The number of piperazine rings is 1. The fourth-order valence-electron chi connectivity index (χ4n) is 3.82. The van der Waals surface area contributed by atoms with Crippen LogP contribution in [-0.2, 0) is 14.3 Å². The van der Waals surface area contributed by atoms with E-state index in [1.54, 1.807) is 48.7 Å². The first kappa shape index (κ1) is 23.6. The molecule has 1 aromatic carbocycles. The number of amides is 2. The molecule has 0 spiro atoms. The predicted octanol–water partition coefficient (Wildman–Crippen LogP) is 4.05. The van der Waals surface area contributed by atoms with E-state index in [0.717, 1.165) is 0 Å². The van der Waals surface area contributed by atoms with Gasteiger partial charge in [-0.05, 0) is 45.0 Å². The maximum atomic E-state index is 12.9. The molecule has 0 radical (unpaired) electrons. The molecule has 1 aliphatic heterocycles. The lowest BCUT2D eigenvalue weighted by Gasteiger charge is -2.35. The topological polar surface area (TPSA) is 94.0 Å². The van der Waals surface area contributed by atoms with Gasteiger partial charge in [-0.3, -0.25) is 9.69 Å². The van der Waals surface area contributed by atoms with E-state index in [9.17, 15) is 14.4 Å². The van der Waals surface area contributed by atoms with Gasteiger partial charge in [0.1, 0.15) is 17.8 Å². The van der Waals surface area contributed by atoms with Crippen LogP contribution in [0.15, 0.2) is 42.7 Å². The van der Waals surface area contributed by atoms with Gasteiger partial charge in [0.25, 0.3) is 0 Å². The van der Waals surface area contributed by atoms with E-state index < -0.39 is 17.7 Å². The van der Waals surface area contributed by atoms with Gasteiger partial charge in [0.2, 0.25) is 5.91 Å². The third-order valence-corrected chi connectivity index (χ3v) is 5.65. The number of nitrogens with zero attached hydrogens (tertiary/aromatic N) is 4. The Balaban J connectivity index is 1.64. The largest absolute Gasteiger partial charge is 0.465 e. The van der Waals surface area contributed by atoms with Gasteiger partial charge in [0.15, 0.2) is 0 Å². The Labute approximate surface area is 201 Å². The van der Waals surface area contributed by atoms with Crippen LogP contribution < -0.4 is 4.90 Å². The van der Waals surface area contributed by atoms with Crippen molar-refractivity contribution in [3.8, 4) is 5.69 Å². The number of halogens is 1. The molecular weight excluding hydrogens is 460 g/mol. The van der Waals surface area contributed by atoms with E-state index in [2.05, 4.69) is 4.98 Å². The van der Waals surface area contributed by atoms with Crippen LogP contribution in [0.2, 0.25) is 5.02 Å². The van der Waals surface area contributed by atoms with Crippen LogP contribution in [0.3, 0.4) is 0 Å². The first-order chi connectivity index (χ1) is 16.1. The SMILES string of the molecule is COC(=O)c1cn(-c2cccc(N3CCN(C(=O)OC(C)(C)C)CC3=O)c2)c2nccc(Cl)c12. The lowest BCUT2D eigenvalue weighted by atomic mass is 10.2. The summed E-state index contributed by atoms with van der Waals surface area (Å²) in [4.78, 5) is 45.0. The summed E-state index contributed by atoms with van der Waals surface area (Å²) in [5.41, 5.74) is 1.50. The number of anilines is 1. The maximum absolute atomic E-state index is 12.9. The maximum Gasteiger partial charge on any atom is 0.410 e. The minimum absolute atomic E-state index is 0.0742. The lowest BCUT2D eigenvalue weighted by molar-refractivity contribution is -0.121. The highest BCUT2D eigenvalue weighted by molar-refractivity contribution is 6.36. The van der Waals surface area contributed by atoms with Gasteiger partial charge >= 0.3 is 12.1 Å². The predicted molar refractivity (Wildman–Crippen MR) is 128 cm³/mol. The van der Waals surface area contributed by atoms with Gasteiger partial charge in [-0.1, -0.05) is 17.7 Å². The van der Waals surface area contributed by atoms with Gasteiger partial charge in [-0.2, -0.15) is 0 Å². The standard InChI is InChI=1S/C24H25ClN4O5/c1-24(2,3)34-23(32)27-10-11-28(19(30)14-27)15-6-5-7-16(12-15)29-13-17(22(31)33-4)20-18(25)8-9-26-21(20)29/h5-9,12-13H,10-11,14H2,1-4H3. The number of esters is 1. The smallest absolute Gasteiger partial charge is 0.410 e. The highest BCUT2D eigenvalue weighted by Gasteiger charge is 2.31. The zero-order valence-corrected chi connectivity index (χ0v) is 20.1. The summed E-state index contributed by atoms with van der Waals surface area (Å²) >= 11 is 6.36. The molecule has 0 N–H and O–H groups in total. The van der Waals surface area contributed by atoms with Crippen molar-refractivity contribution in [2.45, 2.75) is 26.4 Å². The van der Waals surface area contributed by atoms with Crippen LogP contribution in [0.5, 0.6) is 0 Å². The molecule has 2 aromatic heterocycles. The molecule has 9 nitrogen and oxygen atoms in total. The molecule has 0 atom stereocenters. The number of hydrogen-bond donors (Lipinski definition) is 0. The lowest BCUT2D eigenvalue weighted by Crippen LogP contribution is -2.53. The van der Waals surface area contributed by atoms with Gasteiger partial charge in [0, 0.05) is 36.9 Å². The fourth-order valence-corrected chi connectivity index (χ4v) is 4.06. The molecule has 1 saturated heterocycles. The number of rotatable bonds is 3. The van der Waals surface area contributed by atoms with Crippen LogP contribution in [0.4, 0.5) is 10.5 Å². The van der Waals surface area contributed by atoms with Gasteiger partial charge in [0.05, 0.1) is 23.1 Å². The monoisotopic (exact) mass is 484 g/mol. The molecule has 2 amide bonds. The number of hydrogen-bond acceptors (Lipinski definition) is 6. The number of pyridine rings is 1. The molecule has 1 fully saturated rings. The fraction of sp³-hybridized carbons (Fsp3) is 0.333. The van der Waals surface area contributed by atoms with Crippen LogP contribution in [0, 0.1) is 0 Å². The Hall–Kier alpha value is -3.59. The molecule has 10 heteroatoms. The first-order valence-electron chi connectivity index (χ1n) is 10.7. The Morgan fingerprint density at radius 2 is 1.85 bits per heavy atom. The zero-order valence-electron chi connectivity index (χ0n) is 19.4. The summed E-state index contributed by atoms with van der Waals surface area (Å²) in [7, 11) is 1.30. The normalized spacial score (nSPS) is 14.4. The average Bonchev–Trinajstić information content (AvgIpc) is 3.18. The van der Waals surface area contributed by atoms with E-state index in [1.807, 2.05) is 24.3 Å². The number of methoxy groups -OCH3 is 1. The second-order valence-electron chi connectivity index (χ2n) is 8.86. The number of aromatic nitrogens is 2. The van der Waals surface area contributed by atoms with Crippen LogP contribution in [0.25, 0.3) is 16.7 Å². The Kier molecular flexibility index (Phi) is 6.22. The highest BCUT2D eigenvalue weighted by Crippen LogP contribution is 2.31. The second-order valence-corrected chi connectivity index (χ2v) is 9.27. The molecule has 0 unspecified atom stereocenters. The third kappa shape index (κ3) is 4.56. The number of fused-ring (bicyclic) bond motifs is 1. The van der Waals surface area contributed by atoms with Crippen LogP contribution in [-0.4, -0.2) is 64.8 Å². The van der Waals surface area contributed by atoms with Crippen LogP contribution >= 0.6 is 11.6 Å². The zero-order chi connectivity index (χ0) is 24.6. The summed E-state index contributed by atoms with van der Waals surface area (Å²) in [5.74, 6) is -0.744. The van der Waals surface area contributed by atoms with Gasteiger partial charge in [-0.15, -0.1) is 0 Å². The van der Waals surface area contributed by atoms with Gasteiger partial charge in [-0.25, -0.2) is 14.6 Å². The quantitative estimate of drug-likeness (QED) is 0.520. The number of ether oxygens (including phenoxy) is 2. The third-order valence-electron chi connectivity index (χ3n) is 5.33. The van der Waals surface area contributed by atoms with E-state index >= 15 is 0 Å². The van der Waals surface area contributed by atoms with Gasteiger partial charge < -0.3 is 18.9 Å². The summed E-state index contributed by atoms with van der Waals surface area (Å²) in [6, 6.07) is 8.91. The average molecular weight is 485 g/mol. The molecule has 0 aliphatic carbocycles. The summed E-state index contributed by atoms with van der Waals surface area (Å²) < 4.78 is 12.0. The first-order valence-corrected chi connectivity index (χ1v) is 11.1. The van der Waals surface area contributed by atoms with E-state index in [4.69, 9.17) is 21.1 Å². The Morgan fingerprint density at radius 1 is 1.12 bits per heavy atom. The minimum Gasteiger partial charge on any atom is -0.465 e. The molecule has 0 bridgehead atoms. The molecule has 4 rings (SSSR count). The summed E-state index contributed by atoms with van der Waals surface area (Å²) in [5, 5.41) is 0.872. The molecule has 34 heavy (non-hydrogen) atoms. The summed E-state index contributed by atoms with van der Waals surface area (Å²) in [6.45, 7) is 5.95. The van der Waals surface area contributed by atoms with E-state index in [1.165, 1.54) is 12.0 Å². The molecular formula is C24H25ClN4O5. The molecule has 1 aliphatic rings. The molecule has 3 aromatic rings. The Morgan fingerprint density at radius 3 is 2.53 bits per heavy atom. The molecule has 3 heterocycles. The van der Waals surface area contributed by atoms with Crippen molar-refractivity contribution in [2.75, 3.05) is 31.6 Å². The van der Waals surface area contributed by atoms with Crippen molar-refractivity contribution in [3.05, 3.63) is 53.3 Å². The van der Waals surface area contributed by atoms with Crippen molar-refractivity contribution >= 4 is 46.3 Å². The Bertz CT molecular complexity index is 1280. The minimum atomic E-state index is -0.634. The van der Waals surface area contributed by atoms with Crippen molar-refractivity contribution in [2.24, 2.45) is 0 Å². The second kappa shape index (κ2) is 8.98. The van der Waals surface area contributed by atoms with Crippen molar-refractivity contribution in [1.29, 1.82) is 0 Å². The van der Waals surface area contributed by atoms with Crippen LogP contribution in [0.1, 0.15) is 31.1 Å². The highest BCUT2D eigenvalue weighted by atomic mass is 35.5. The van der Waals surface area contributed by atoms with Crippen molar-refractivity contribution in [1.82, 2.24) is 14.5 Å². The molecule has 0 saturated carbocycles. The van der Waals surface area contributed by atoms with E-state index in [-0.39, 0.29) is 12.5 Å². The van der Waals surface area contributed by atoms with E-state index in [0.29, 0.717) is 46.1 Å². The van der Waals surface area contributed by atoms with Crippen molar-refractivity contribution in [3.63, 3.8) is 0 Å². The number of carbonyl (C=O) groups excluding carboxylic acids is 3. The molecule has 178 valence electrons. The number of carbonyl (C=O) groups is 3. The van der Waals surface area contributed by atoms with Crippen molar-refractivity contribution < 1.29 is 23.9 Å². The summed E-state index contributed by atoms with van der Waals surface area (Å²) in [6.07, 6.45) is 2.67.